The van der Waals surface area contributed by atoms with Gasteiger partial charge < -0.3 is 10.0 Å². The predicted molar refractivity (Wildman–Crippen MR) is 68.7 cm³/mol. The van der Waals surface area contributed by atoms with E-state index in [0.717, 1.165) is 43.3 Å². The minimum absolute atomic E-state index is 0.239. The fourth-order valence-electron chi connectivity index (χ4n) is 2.41. The molecule has 5 nitrogen and oxygen atoms in total. The quantitative estimate of drug-likeness (QED) is 0.878. The minimum atomic E-state index is -0.713. The third-order valence-electron chi connectivity index (χ3n) is 3.31. The van der Waals surface area contributed by atoms with Gasteiger partial charge in [0.1, 0.15) is 11.6 Å². The van der Waals surface area contributed by atoms with Gasteiger partial charge in [0.05, 0.1) is 0 Å². The summed E-state index contributed by atoms with van der Waals surface area (Å²) in [5.41, 5.74) is 1.04. The number of hydrogen-bond donors (Lipinski definition) is 1. The predicted octanol–water partition coefficient (Wildman–Crippen LogP) is 1.65. The van der Waals surface area contributed by atoms with E-state index >= 15 is 0 Å². The van der Waals surface area contributed by atoms with E-state index in [9.17, 15) is 4.79 Å². The van der Waals surface area contributed by atoms with Crippen molar-refractivity contribution in [1.29, 1.82) is 0 Å². The second-order valence-electron chi connectivity index (χ2n) is 4.82. The largest absolute Gasteiger partial charge is 0.481 e. The van der Waals surface area contributed by atoms with Gasteiger partial charge in [0.25, 0.3) is 0 Å². The van der Waals surface area contributed by atoms with E-state index in [0.29, 0.717) is 0 Å². The lowest BCUT2D eigenvalue weighted by molar-refractivity contribution is -0.137. The molecule has 0 amide bonds. The van der Waals surface area contributed by atoms with Crippen molar-refractivity contribution in [3.05, 3.63) is 17.6 Å². The number of rotatable bonds is 4. The number of aliphatic carboxylic acids is 1. The van der Waals surface area contributed by atoms with Crippen LogP contribution in [0.5, 0.6) is 0 Å². The third-order valence-corrected chi connectivity index (χ3v) is 3.31. The number of aryl methyl sites for hydroxylation is 2. The highest BCUT2D eigenvalue weighted by Crippen LogP contribution is 2.24. The fourth-order valence-corrected chi connectivity index (χ4v) is 2.41. The standard InChI is InChI=1S/C13H19N3O2/c1-3-11-7-12(15-9(2)14-11)16-5-4-10(8-16)6-13(17)18/h7,10H,3-6,8H2,1-2H3,(H,17,18). The Kier molecular flexibility index (Phi) is 3.79. The topological polar surface area (TPSA) is 66.3 Å². The first kappa shape index (κ1) is 12.8. The van der Waals surface area contributed by atoms with Crippen molar-refractivity contribution in [3.8, 4) is 0 Å². The Morgan fingerprint density at radius 1 is 1.56 bits per heavy atom. The molecule has 1 N–H and O–H groups in total. The molecule has 1 aliphatic rings. The van der Waals surface area contributed by atoms with Crippen LogP contribution in [-0.2, 0) is 11.2 Å². The lowest BCUT2D eigenvalue weighted by Gasteiger charge is -2.18. The van der Waals surface area contributed by atoms with E-state index in [2.05, 4.69) is 21.8 Å². The Labute approximate surface area is 107 Å². The lowest BCUT2D eigenvalue weighted by Crippen LogP contribution is -2.22. The molecule has 5 heteroatoms. The molecule has 0 bridgehead atoms. The zero-order chi connectivity index (χ0) is 13.1. The molecule has 1 aromatic heterocycles. The number of carboxylic acid groups (broad SMARTS) is 1. The monoisotopic (exact) mass is 249 g/mol. The second kappa shape index (κ2) is 5.33. The van der Waals surface area contributed by atoms with Gasteiger partial charge >= 0.3 is 5.97 Å². The van der Waals surface area contributed by atoms with Gasteiger partial charge in [-0.15, -0.1) is 0 Å². The van der Waals surface area contributed by atoms with E-state index in [1.165, 1.54) is 0 Å². The molecule has 0 radical (unpaired) electrons. The summed E-state index contributed by atoms with van der Waals surface area (Å²) in [4.78, 5) is 21.7. The number of nitrogens with zero attached hydrogens (tertiary/aromatic N) is 3. The van der Waals surface area contributed by atoms with Crippen molar-refractivity contribution in [2.45, 2.75) is 33.1 Å². The Bertz CT molecular complexity index is 448. The molecule has 1 saturated heterocycles. The van der Waals surface area contributed by atoms with Crippen molar-refractivity contribution in [3.63, 3.8) is 0 Å². The van der Waals surface area contributed by atoms with Crippen molar-refractivity contribution in [1.82, 2.24) is 9.97 Å². The molecule has 1 fully saturated rings. The molecule has 2 rings (SSSR count). The molecule has 1 aromatic rings. The smallest absolute Gasteiger partial charge is 0.303 e. The average molecular weight is 249 g/mol. The van der Waals surface area contributed by atoms with Crippen LogP contribution in [0.2, 0.25) is 0 Å². The van der Waals surface area contributed by atoms with E-state index in [4.69, 9.17) is 5.11 Å². The SMILES string of the molecule is CCc1cc(N2CCC(CC(=O)O)C2)nc(C)n1. The second-order valence-corrected chi connectivity index (χ2v) is 4.82. The molecule has 98 valence electrons. The van der Waals surface area contributed by atoms with Crippen molar-refractivity contribution in [2.24, 2.45) is 5.92 Å². The molecular weight excluding hydrogens is 230 g/mol. The van der Waals surface area contributed by atoms with Crippen LogP contribution in [0.3, 0.4) is 0 Å². The van der Waals surface area contributed by atoms with E-state index < -0.39 is 5.97 Å². The summed E-state index contributed by atoms with van der Waals surface area (Å²) in [6, 6.07) is 2.01. The highest BCUT2D eigenvalue weighted by Gasteiger charge is 2.25. The molecule has 1 atom stereocenters. The van der Waals surface area contributed by atoms with Gasteiger partial charge in [-0.1, -0.05) is 6.92 Å². The summed E-state index contributed by atoms with van der Waals surface area (Å²) in [6.07, 6.45) is 2.07. The molecule has 0 saturated carbocycles. The van der Waals surface area contributed by atoms with Crippen LogP contribution in [0, 0.1) is 12.8 Å². The Morgan fingerprint density at radius 3 is 3.00 bits per heavy atom. The summed E-state index contributed by atoms with van der Waals surface area (Å²) in [7, 11) is 0. The molecule has 0 aromatic carbocycles. The zero-order valence-corrected chi connectivity index (χ0v) is 10.9. The molecule has 1 aliphatic heterocycles. The number of anilines is 1. The number of hydrogen-bond acceptors (Lipinski definition) is 4. The van der Waals surface area contributed by atoms with Gasteiger partial charge in [0.2, 0.25) is 0 Å². The third kappa shape index (κ3) is 2.97. The number of carboxylic acids is 1. The van der Waals surface area contributed by atoms with Crippen LogP contribution >= 0.6 is 0 Å². The van der Waals surface area contributed by atoms with Crippen LogP contribution in [0.25, 0.3) is 0 Å². The summed E-state index contributed by atoms with van der Waals surface area (Å²) in [5, 5.41) is 8.81. The van der Waals surface area contributed by atoms with Crippen molar-refractivity contribution in [2.75, 3.05) is 18.0 Å². The molecule has 2 heterocycles. The van der Waals surface area contributed by atoms with Crippen LogP contribution in [0.1, 0.15) is 31.3 Å². The summed E-state index contributed by atoms with van der Waals surface area (Å²) < 4.78 is 0. The van der Waals surface area contributed by atoms with Gasteiger partial charge in [-0.25, -0.2) is 9.97 Å². The molecule has 1 unspecified atom stereocenters. The van der Waals surface area contributed by atoms with Gasteiger partial charge in [-0.05, 0) is 25.7 Å². The van der Waals surface area contributed by atoms with Crippen molar-refractivity contribution < 1.29 is 9.90 Å². The molecule has 18 heavy (non-hydrogen) atoms. The fraction of sp³-hybridized carbons (Fsp3) is 0.615. The van der Waals surface area contributed by atoms with E-state index in [-0.39, 0.29) is 12.3 Å². The Morgan fingerprint density at radius 2 is 2.33 bits per heavy atom. The molecule has 0 aliphatic carbocycles. The van der Waals surface area contributed by atoms with Gasteiger partial charge in [-0.3, -0.25) is 4.79 Å². The first-order valence-electron chi connectivity index (χ1n) is 6.39. The summed E-state index contributed by atoms with van der Waals surface area (Å²) in [6.45, 7) is 5.64. The maximum absolute atomic E-state index is 10.7. The molecule has 0 spiro atoms. The minimum Gasteiger partial charge on any atom is -0.481 e. The van der Waals surface area contributed by atoms with Crippen LogP contribution in [0.4, 0.5) is 5.82 Å². The van der Waals surface area contributed by atoms with Gasteiger partial charge in [0, 0.05) is 31.3 Å². The van der Waals surface area contributed by atoms with Gasteiger partial charge in [-0.2, -0.15) is 0 Å². The first-order valence-corrected chi connectivity index (χ1v) is 6.39. The maximum atomic E-state index is 10.7. The van der Waals surface area contributed by atoms with Crippen LogP contribution in [0.15, 0.2) is 6.07 Å². The van der Waals surface area contributed by atoms with Crippen molar-refractivity contribution >= 4 is 11.8 Å². The number of carbonyl (C=O) groups is 1. The van der Waals surface area contributed by atoms with E-state index in [1.54, 1.807) is 0 Å². The highest BCUT2D eigenvalue weighted by atomic mass is 16.4. The Hall–Kier alpha value is -1.65. The summed E-state index contributed by atoms with van der Waals surface area (Å²) in [5.74, 6) is 1.25. The zero-order valence-electron chi connectivity index (χ0n) is 10.9. The lowest BCUT2D eigenvalue weighted by atomic mass is 10.1. The van der Waals surface area contributed by atoms with Gasteiger partial charge in [0.15, 0.2) is 0 Å². The van der Waals surface area contributed by atoms with Crippen LogP contribution < -0.4 is 4.90 Å². The number of aromatic nitrogens is 2. The van der Waals surface area contributed by atoms with E-state index in [1.807, 2.05) is 13.0 Å². The molecular formula is C13H19N3O2. The average Bonchev–Trinajstić information content (AvgIpc) is 2.75. The first-order chi connectivity index (χ1) is 8.58. The van der Waals surface area contributed by atoms with Crippen LogP contribution in [-0.4, -0.2) is 34.1 Å². The maximum Gasteiger partial charge on any atom is 0.303 e. The Balaban J connectivity index is 2.09. The normalized spacial score (nSPS) is 19.2. The highest BCUT2D eigenvalue weighted by molar-refractivity contribution is 5.67. The summed E-state index contributed by atoms with van der Waals surface area (Å²) >= 11 is 0.